The van der Waals surface area contributed by atoms with E-state index in [-0.39, 0.29) is 23.9 Å². The molecule has 0 spiro atoms. The van der Waals surface area contributed by atoms with Crippen LogP contribution in [0, 0.1) is 23.7 Å². The van der Waals surface area contributed by atoms with Crippen LogP contribution in [0.25, 0.3) is 0 Å². The van der Waals surface area contributed by atoms with Gasteiger partial charge in [0, 0.05) is 18.0 Å². The fourth-order valence-electron chi connectivity index (χ4n) is 5.74. The minimum Gasteiger partial charge on any atom is -0.353 e. The average molecular weight is 386 g/mol. The molecule has 1 amide bonds. The molecule has 8 unspecified atom stereocenters. The van der Waals surface area contributed by atoms with Crippen molar-refractivity contribution in [2.45, 2.75) is 82.8 Å². The van der Waals surface area contributed by atoms with Crippen LogP contribution in [0.1, 0.15) is 51.9 Å². The fraction of sp³-hybridized carbons (Fsp3) is 0.947. The summed E-state index contributed by atoms with van der Waals surface area (Å²) in [4.78, 5) is 17.8. The van der Waals surface area contributed by atoms with Gasteiger partial charge in [-0.1, -0.05) is 0 Å². The van der Waals surface area contributed by atoms with E-state index in [1.165, 1.54) is 0 Å². The van der Waals surface area contributed by atoms with Crippen LogP contribution in [0.15, 0.2) is 0 Å². The van der Waals surface area contributed by atoms with E-state index in [1.807, 2.05) is 0 Å². The van der Waals surface area contributed by atoms with Crippen molar-refractivity contribution in [3.05, 3.63) is 0 Å². The molecule has 2 heterocycles. The highest BCUT2D eigenvalue weighted by atomic mass is 19.3. The van der Waals surface area contributed by atoms with Crippen LogP contribution >= 0.6 is 0 Å². The molecule has 0 aromatic rings. The number of carbonyl (C=O) groups is 1. The highest BCUT2D eigenvalue weighted by Gasteiger charge is 2.46. The Morgan fingerprint density at radius 1 is 1.11 bits per heavy atom. The van der Waals surface area contributed by atoms with Crippen molar-refractivity contribution in [2.24, 2.45) is 23.7 Å². The van der Waals surface area contributed by atoms with Gasteiger partial charge in [0.05, 0.1) is 6.17 Å². The first-order valence-corrected chi connectivity index (χ1v) is 10.5. The van der Waals surface area contributed by atoms with Gasteiger partial charge in [-0.15, -0.1) is 0 Å². The smallest absolute Gasteiger partial charge is 0.279 e. The highest BCUT2D eigenvalue weighted by molar-refractivity contribution is 5.79. The predicted molar refractivity (Wildman–Crippen MR) is 96.6 cm³/mol. The zero-order valence-electron chi connectivity index (χ0n) is 15.9. The summed E-state index contributed by atoms with van der Waals surface area (Å²) in [5.41, 5.74) is 2.75. The van der Waals surface area contributed by atoms with Gasteiger partial charge < -0.3 is 10.6 Å². The summed E-state index contributed by atoms with van der Waals surface area (Å²) < 4.78 is 25.6. The molecule has 4 fully saturated rings. The maximum atomic E-state index is 12.9. The van der Waals surface area contributed by atoms with Gasteiger partial charge in [0.15, 0.2) is 6.23 Å². The lowest BCUT2D eigenvalue weighted by atomic mass is 9.72. The lowest BCUT2D eigenvalue weighted by molar-refractivity contribution is -0.127. The van der Waals surface area contributed by atoms with Crippen molar-refractivity contribution in [2.75, 3.05) is 6.54 Å². The monoisotopic (exact) mass is 386 g/mol. The normalized spacial score (nSPS) is 45.0. The fourth-order valence-corrected chi connectivity index (χ4v) is 5.74. The molecule has 154 valence electrons. The molecule has 8 heteroatoms. The highest BCUT2D eigenvalue weighted by Crippen LogP contribution is 2.48. The number of hydrogen-bond donors (Lipinski definition) is 4. The molecule has 0 radical (unpaired) electrons. The van der Waals surface area contributed by atoms with Crippen LogP contribution in [0.4, 0.5) is 8.78 Å². The third kappa shape index (κ3) is 4.28. The topological polar surface area (TPSA) is 74.4 Å². The van der Waals surface area contributed by atoms with E-state index in [1.54, 1.807) is 0 Å². The van der Waals surface area contributed by atoms with Crippen LogP contribution in [-0.2, 0) is 9.63 Å². The summed E-state index contributed by atoms with van der Waals surface area (Å²) in [7, 11) is 0. The van der Waals surface area contributed by atoms with Crippen LogP contribution in [0.2, 0.25) is 0 Å². The van der Waals surface area contributed by atoms with E-state index >= 15 is 0 Å². The van der Waals surface area contributed by atoms with Crippen molar-refractivity contribution < 1.29 is 18.4 Å². The molecule has 0 aromatic heterocycles. The zero-order valence-corrected chi connectivity index (χ0v) is 15.9. The second kappa shape index (κ2) is 8.27. The van der Waals surface area contributed by atoms with Gasteiger partial charge in [0.2, 0.25) is 5.91 Å². The molecule has 2 aliphatic carbocycles. The molecule has 6 nitrogen and oxygen atoms in total. The van der Waals surface area contributed by atoms with Gasteiger partial charge in [-0.2, -0.15) is 5.48 Å². The van der Waals surface area contributed by atoms with Crippen LogP contribution in [0.5, 0.6) is 0 Å². The van der Waals surface area contributed by atoms with E-state index < -0.39 is 12.7 Å². The van der Waals surface area contributed by atoms with Crippen LogP contribution < -0.4 is 21.4 Å². The first kappa shape index (κ1) is 19.5. The molecule has 2 aliphatic heterocycles. The Hall–Kier alpha value is -0.830. The molecule has 8 atom stereocenters. The summed E-state index contributed by atoms with van der Waals surface area (Å²) in [6.45, 7) is 3.13. The SMILES string of the molecule is CC1CC(NC(=O)C2CCC3CC(C4NOC(C(F)F)N4)CCC32)CCN1. The molecule has 0 aromatic carbocycles. The summed E-state index contributed by atoms with van der Waals surface area (Å²) in [6.07, 6.45) is 2.97. The average Bonchev–Trinajstić information content (AvgIpc) is 3.28. The Morgan fingerprint density at radius 2 is 1.93 bits per heavy atom. The Bertz CT molecular complexity index is 538. The third-order valence-corrected chi connectivity index (χ3v) is 7.12. The maximum absolute atomic E-state index is 12.9. The number of amides is 1. The second-order valence-electron chi connectivity index (χ2n) is 8.90. The number of alkyl halides is 2. The van der Waals surface area contributed by atoms with E-state index in [9.17, 15) is 13.6 Å². The standard InChI is InChI=1S/C19H32F2N4O2/c1-10-8-13(6-7-22-10)23-18(26)15-5-2-11-9-12(3-4-14(11)15)17-24-19(16(20)21)27-25-17/h10-17,19,22,24-25H,2-9H2,1H3,(H,23,26). The third-order valence-electron chi connectivity index (χ3n) is 7.12. The van der Waals surface area contributed by atoms with E-state index in [0.717, 1.165) is 51.5 Å². The number of nitrogens with one attached hydrogen (secondary N) is 4. The van der Waals surface area contributed by atoms with E-state index in [2.05, 4.69) is 28.4 Å². The summed E-state index contributed by atoms with van der Waals surface area (Å²) >= 11 is 0. The minimum atomic E-state index is -2.53. The van der Waals surface area contributed by atoms with Crippen molar-refractivity contribution >= 4 is 5.91 Å². The Labute approximate surface area is 159 Å². The maximum Gasteiger partial charge on any atom is 0.279 e. The number of rotatable bonds is 4. The number of hydrogen-bond acceptors (Lipinski definition) is 5. The Balaban J connectivity index is 1.28. The Morgan fingerprint density at radius 3 is 2.67 bits per heavy atom. The number of fused-ring (bicyclic) bond motifs is 1. The molecular weight excluding hydrogens is 354 g/mol. The van der Waals surface area contributed by atoms with E-state index in [0.29, 0.717) is 23.9 Å². The molecule has 4 N–H and O–H groups in total. The van der Waals surface area contributed by atoms with Gasteiger partial charge in [0.25, 0.3) is 6.43 Å². The van der Waals surface area contributed by atoms with Crippen molar-refractivity contribution in [1.82, 2.24) is 21.4 Å². The number of piperidine rings is 1. The minimum absolute atomic E-state index is 0.121. The zero-order chi connectivity index (χ0) is 19.0. The number of carbonyl (C=O) groups excluding carboxylic acids is 1. The molecule has 4 aliphatic rings. The molecule has 2 saturated carbocycles. The van der Waals surface area contributed by atoms with Gasteiger partial charge in [-0.25, -0.2) is 8.78 Å². The molecule has 0 bridgehead atoms. The number of hydroxylamine groups is 1. The molecule has 4 rings (SSSR count). The van der Waals surface area contributed by atoms with Crippen LogP contribution in [-0.4, -0.2) is 43.4 Å². The molecular formula is C19H32F2N4O2. The van der Waals surface area contributed by atoms with Crippen molar-refractivity contribution in [3.8, 4) is 0 Å². The lowest BCUT2D eigenvalue weighted by Gasteiger charge is -2.37. The molecule has 27 heavy (non-hydrogen) atoms. The Kier molecular flexibility index (Phi) is 5.97. The van der Waals surface area contributed by atoms with E-state index in [4.69, 9.17) is 4.84 Å². The van der Waals surface area contributed by atoms with Crippen molar-refractivity contribution in [3.63, 3.8) is 0 Å². The molecule has 2 saturated heterocycles. The summed E-state index contributed by atoms with van der Waals surface area (Å²) in [5.74, 6) is 1.59. The predicted octanol–water partition coefficient (Wildman–Crippen LogP) is 1.73. The van der Waals surface area contributed by atoms with Gasteiger partial charge >= 0.3 is 0 Å². The first-order chi connectivity index (χ1) is 13.0. The van der Waals surface area contributed by atoms with Gasteiger partial charge in [0.1, 0.15) is 0 Å². The second-order valence-corrected chi connectivity index (χ2v) is 8.90. The quantitative estimate of drug-likeness (QED) is 0.592. The largest absolute Gasteiger partial charge is 0.353 e. The van der Waals surface area contributed by atoms with Gasteiger partial charge in [-0.3, -0.25) is 14.9 Å². The summed E-state index contributed by atoms with van der Waals surface area (Å²) in [5, 5.41) is 9.59. The first-order valence-electron chi connectivity index (χ1n) is 10.5. The lowest BCUT2D eigenvalue weighted by Crippen LogP contribution is -2.49. The van der Waals surface area contributed by atoms with Gasteiger partial charge in [-0.05, 0) is 76.2 Å². The van der Waals surface area contributed by atoms with Crippen LogP contribution in [0.3, 0.4) is 0 Å². The summed E-state index contributed by atoms with van der Waals surface area (Å²) in [6, 6.07) is 0.751. The van der Waals surface area contributed by atoms with Crippen molar-refractivity contribution in [1.29, 1.82) is 0 Å². The number of halogens is 2.